The highest BCUT2D eigenvalue weighted by Gasteiger charge is 2.17. The van der Waals surface area contributed by atoms with Gasteiger partial charge in [0.15, 0.2) is 0 Å². The van der Waals surface area contributed by atoms with E-state index in [2.05, 4.69) is 4.98 Å². The largest absolute Gasteiger partial charge is 0.285 e. The van der Waals surface area contributed by atoms with Crippen molar-refractivity contribution in [2.24, 2.45) is 0 Å². The molecule has 0 unspecified atom stereocenters. The molecule has 0 bridgehead atoms. The zero-order valence-electron chi connectivity index (χ0n) is 8.46. The lowest BCUT2D eigenvalue weighted by molar-refractivity contribution is 0.0817. The van der Waals surface area contributed by atoms with Crippen LogP contribution in [0.5, 0.6) is 0 Å². The van der Waals surface area contributed by atoms with Crippen LogP contribution in [-0.2, 0) is 0 Å². The Labute approximate surface area is 92.8 Å². The molecule has 0 aliphatic carbocycles. The van der Waals surface area contributed by atoms with Crippen LogP contribution in [0.15, 0.2) is 54.9 Å². The van der Waals surface area contributed by atoms with Crippen LogP contribution in [0.3, 0.4) is 0 Å². The van der Waals surface area contributed by atoms with Gasteiger partial charge < -0.3 is 0 Å². The number of Topliss-reactive ketones (excluding diaryl/α,β-unsaturated/α-hetero) is 2. The quantitative estimate of drug-likeness (QED) is 0.577. The van der Waals surface area contributed by atoms with Crippen molar-refractivity contribution >= 4 is 11.6 Å². The second kappa shape index (κ2) is 4.49. The molecule has 0 aliphatic heterocycles. The topological polar surface area (TPSA) is 47.0 Å². The molecule has 0 saturated carbocycles. The van der Waals surface area contributed by atoms with Crippen LogP contribution in [-0.4, -0.2) is 16.6 Å². The summed E-state index contributed by atoms with van der Waals surface area (Å²) < 4.78 is 0. The van der Waals surface area contributed by atoms with Crippen LogP contribution < -0.4 is 0 Å². The highest BCUT2D eigenvalue weighted by atomic mass is 16.2. The van der Waals surface area contributed by atoms with E-state index in [1.165, 1.54) is 24.5 Å². The average molecular weight is 211 g/mol. The van der Waals surface area contributed by atoms with Gasteiger partial charge in [0.05, 0.1) is 0 Å². The van der Waals surface area contributed by atoms with Gasteiger partial charge >= 0.3 is 0 Å². The zero-order chi connectivity index (χ0) is 11.4. The highest BCUT2D eigenvalue weighted by molar-refractivity contribution is 6.49. The first kappa shape index (κ1) is 10.2. The molecule has 0 atom stereocenters. The summed E-state index contributed by atoms with van der Waals surface area (Å²) in [5.41, 5.74) is 0.771. The minimum Gasteiger partial charge on any atom is -0.285 e. The molecule has 2 rings (SSSR count). The molecule has 0 amide bonds. The molecule has 78 valence electrons. The maximum absolute atomic E-state index is 11.8. The number of nitrogens with zero attached hydrogens (tertiary/aromatic N) is 1. The third kappa shape index (κ3) is 2.03. The predicted octanol–water partition coefficient (Wildman–Crippen LogP) is 2.15. The van der Waals surface area contributed by atoms with Gasteiger partial charge in [-0.15, -0.1) is 0 Å². The molecule has 3 nitrogen and oxygen atoms in total. The first-order valence-electron chi connectivity index (χ1n) is 4.83. The van der Waals surface area contributed by atoms with Crippen molar-refractivity contribution in [3.05, 3.63) is 66.0 Å². The summed E-state index contributed by atoms with van der Waals surface area (Å²) in [6.07, 6.45) is 2.98. The molecular formula is C13H9NO2. The van der Waals surface area contributed by atoms with Crippen molar-refractivity contribution in [1.29, 1.82) is 0 Å². The molecular weight excluding hydrogens is 202 g/mol. The van der Waals surface area contributed by atoms with Gasteiger partial charge in [0.25, 0.3) is 0 Å². The van der Waals surface area contributed by atoms with Gasteiger partial charge in [0, 0.05) is 23.5 Å². The maximum atomic E-state index is 11.8. The van der Waals surface area contributed by atoms with E-state index in [1.807, 2.05) is 0 Å². The Morgan fingerprint density at radius 2 is 1.25 bits per heavy atom. The summed E-state index contributed by atoms with van der Waals surface area (Å²) in [6, 6.07) is 11.6. The molecule has 2 aromatic rings. The number of aromatic nitrogens is 1. The normalized spacial score (nSPS) is 9.75. The van der Waals surface area contributed by atoms with E-state index in [4.69, 9.17) is 0 Å². The SMILES string of the molecule is O=C(C(=O)c1ccncc1)c1ccccc1. The first-order valence-corrected chi connectivity index (χ1v) is 4.83. The summed E-state index contributed by atoms with van der Waals surface area (Å²) in [5.74, 6) is -1.000. The minimum absolute atomic E-state index is 0.365. The Bertz CT molecular complexity index is 456. The standard InChI is InChI=1S/C13H9NO2/c15-12(10-4-2-1-3-5-10)13(16)11-6-8-14-9-7-11/h1-9H. The van der Waals surface area contributed by atoms with Crippen LogP contribution in [0.1, 0.15) is 20.7 Å². The van der Waals surface area contributed by atoms with E-state index in [-0.39, 0.29) is 0 Å². The van der Waals surface area contributed by atoms with Crippen molar-refractivity contribution in [3.8, 4) is 0 Å². The molecule has 0 N–H and O–H groups in total. The molecule has 1 heterocycles. The molecule has 0 spiro atoms. The summed E-state index contributed by atoms with van der Waals surface area (Å²) in [6.45, 7) is 0. The Balaban J connectivity index is 2.28. The minimum atomic E-state index is -0.506. The van der Waals surface area contributed by atoms with Gasteiger partial charge in [-0.1, -0.05) is 30.3 Å². The van der Waals surface area contributed by atoms with Crippen molar-refractivity contribution in [1.82, 2.24) is 4.98 Å². The lowest BCUT2D eigenvalue weighted by Crippen LogP contribution is -2.14. The summed E-state index contributed by atoms with van der Waals surface area (Å²) in [7, 11) is 0. The Morgan fingerprint density at radius 3 is 1.81 bits per heavy atom. The first-order chi connectivity index (χ1) is 7.79. The lowest BCUT2D eigenvalue weighted by atomic mass is 10.0. The Morgan fingerprint density at radius 1 is 0.750 bits per heavy atom. The number of hydrogen-bond acceptors (Lipinski definition) is 3. The van der Waals surface area contributed by atoms with Crippen LogP contribution in [0.25, 0.3) is 0 Å². The summed E-state index contributed by atoms with van der Waals surface area (Å²) in [4.78, 5) is 27.3. The van der Waals surface area contributed by atoms with E-state index < -0.39 is 11.6 Å². The average Bonchev–Trinajstić information content (AvgIpc) is 2.39. The Kier molecular flexibility index (Phi) is 2.87. The third-order valence-electron chi connectivity index (χ3n) is 2.18. The van der Waals surface area contributed by atoms with E-state index >= 15 is 0 Å². The third-order valence-corrected chi connectivity index (χ3v) is 2.18. The fourth-order valence-corrected chi connectivity index (χ4v) is 1.36. The smallest absolute Gasteiger partial charge is 0.233 e. The van der Waals surface area contributed by atoms with E-state index in [1.54, 1.807) is 30.3 Å². The number of pyridine rings is 1. The van der Waals surface area contributed by atoms with Crippen LogP contribution in [0.4, 0.5) is 0 Å². The van der Waals surface area contributed by atoms with Gasteiger partial charge in [0.2, 0.25) is 11.6 Å². The van der Waals surface area contributed by atoms with E-state index in [0.29, 0.717) is 11.1 Å². The van der Waals surface area contributed by atoms with Crippen LogP contribution in [0, 0.1) is 0 Å². The molecule has 16 heavy (non-hydrogen) atoms. The summed E-state index contributed by atoms with van der Waals surface area (Å²) in [5, 5.41) is 0. The number of ketones is 2. The van der Waals surface area contributed by atoms with Crippen LogP contribution >= 0.6 is 0 Å². The van der Waals surface area contributed by atoms with Crippen molar-refractivity contribution in [3.63, 3.8) is 0 Å². The van der Waals surface area contributed by atoms with Crippen LogP contribution in [0.2, 0.25) is 0 Å². The van der Waals surface area contributed by atoms with Gasteiger partial charge in [-0.3, -0.25) is 14.6 Å². The van der Waals surface area contributed by atoms with E-state index in [0.717, 1.165) is 0 Å². The Hall–Kier alpha value is -2.29. The number of carbonyl (C=O) groups excluding carboxylic acids is 2. The zero-order valence-corrected chi connectivity index (χ0v) is 8.46. The molecule has 0 saturated heterocycles. The number of benzene rings is 1. The van der Waals surface area contributed by atoms with E-state index in [9.17, 15) is 9.59 Å². The molecule has 3 heteroatoms. The highest BCUT2D eigenvalue weighted by Crippen LogP contribution is 2.06. The fraction of sp³-hybridized carbons (Fsp3) is 0. The molecule has 0 radical (unpaired) electrons. The molecule has 0 fully saturated rings. The monoisotopic (exact) mass is 211 g/mol. The summed E-state index contributed by atoms with van der Waals surface area (Å²) >= 11 is 0. The fourth-order valence-electron chi connectivity index (χ4n) is 1.36. The second-order valence-corrected chi connectivity index (χ2v) is 3.26. The number of hydrogen-bond donors (Lipinski definition) is 0. The van der Waals surface area contributed by atoms with Crippen molar-refractivity contribution < 1.29 is 9.59 Å². The van der Waals surface area contributed by atoms with Gasteiger partial charge in [-0.25, -0.2) is 0 Å². The van der Waals surface area contributed by atoms with Gasteiger partial charge in [0.1, 0.15) is 0 Å². The molecule has 0 aliphatic rings. The predicted molar refractivity (Wildman–Crippen MR) is 59.3 cm³/mol. The van der Waals surface area contributed by atoms with Gasteiger partial charge in [-0.05, 0) is 12.1 Å². The second-order valence-electron chi connectivity index (χ2n) is 3.26. The maximum Gasteiger partial charge on any atom is 0.233 e. The number of carbonyl (C=O) groups is 2. The number of rotatable bonds is 3. The van der Waals surface area contributed by atoms with Crippen molar-refractivity contribution in [2.75, 3.05) is 0 Å². The lowest BCUT2D eigenvalue weighted by Gasteiger charge is -1.99. The van der Waals surface area contributed by atoms with Crippen molar-refractivity contribution in [2.45, 2.75) is 0 Å². The molecule has 1 aromatic heterocycles. The molecule has 1 aromatic carbocycles. The van der Waals surface area contributed by atoms with Gasteiger partial charge in [-0.2, -0.15) is 0 Å².